The highest BCUT2D eigenvalue weighted by Crippen LogP contribution is 2.35. The monoisotopic (exact) mass is 375 g/mol. The fourth-order valence-electron chi connectivity index (χ4n) is 1.97. The van der Waals surface area contributed by atoms with E-state index in [2.05, 4.69) is 15.9 Å². The molecule has 1 fully saturated rings. The van der Waals surface area contributed by atoms with Crippen LogP contribution in [0.3, 0.4) is 0 Å². The highest BCUT2D eigenvalue weighted by Gasteiger charge is 2.60. The van der Waals surface area contributed by atoms with Crippen LogP contribution in [0.5, 0.6) is 5.75 Å². The normalized spacial score (nSPS) is 19.0. The van der Waals surface area contributed by atoms with Gasteiger partial charge in [0.15, 0.2) is 10.5 Å². The predicted octanol–water partition coefficient (Wildman–Crippen LogP) is 1.59. The Kier molecular flexibility index (Phi) is 3.88. The molecule has 0 aromatic heterocycles. The molecule has 1 aromatic carbocycles. The Balaban J connectivity index is 2.20. The summed E-state index contributed by atoms with van der Waals surface area (Å²) < 4.78 is 28.7. The van der Waals surface area contributed by atoms with Crippen LogP contribution in [-0.2, 0) is 14.8 Å². The summed E-state index contributed by atoms with van der Waals surface area (Å²) in [6, 6.07) is 4.64. The third-order valence-electron chi connectivity index (χ3n) is 3.44. The fourth-order valence-corrected chi connectivity index (χ4v) is 4.00. The third kappa shape index (κ3) is 2.36. The lowest BCUT2D eigenvalue weighted by molar-refractivity contribution is -0.131. The number of ketones is 1. The standard InChI is InChI=1S/C13H14BrNO5S/c1-13(2)12(17)15(21(13,18)19)7-10(16)8-4-5-11(20-3)9(14)6-8/h4-6H,7H2,1-3H3. The molecule has 0 atom stereocenters. The molecular weight excluding hydrogens is 362 g/mol. The maximum absolute atomic E-state index is 12.1. The zero-order valence-corrected chi connectivity index (χ0v) is 14.1. The number of rotatable bonds is 4. The van der Waals surface area contributed by atoms with Gasteiger partial charge < -0.3 is 4.74 Å². The number of carbonyl (C=O) groups is 2. The van der Waals surface area contributed by atoms with Crippen molar-refractivity contribution in [2.24, 2.45) is 0 Å². The highest BCUT2D eigenvalue weighted by atomic mass is 79.9. The third-order valence-corrected chi connectivity index (χ3v) is 6.40. The Morgan fingerprint density at radius 1 is 1.38 bits per heavy atom. The number of methoxy groups -OCH3 is 1. The SMILES string of the molecule is COc1ccc(C(=O)CN2C(=O)C(C)(C)S2(=O)=O)cc1Br. The van der Waals surface area contributed by atoms with Crippen LogP contribution in [0.4, 0.5) is 0 Å². The number of benzene rings is 1. The zero-order chi connectivity index (χ0) is 16.0. The minimum atomic E-state index is -3.75. The van der Waals surface area contributed by atoms with Gasteiger partial charge in [-0.3, -0.25) is 9.59 Å². The summed E-state index contributed by atoms with van der Waals surface area (Å²) in [5, 5.41) is 0. The number of hydrogen-bond acceptors (Lipinski definition) is 5. The molecular formula is C13H14BrNO5S. The van der Waals surface area contributed by atoms with E-state index in [1.54, 1.807) is 6.07 Å². The van der Waals surface area contributed by atoms with Gasteiger partial charge in [0.1, 0.15) is 12.3 Å². The zero-order valence-electron chi connectivity index (χ0n) is 11.7. The summed E-state index contributed by atoms with van der Waals surface area (Å²) in [6.07, 6.45) is 0. The molecule has 0 radical (unpaired) electrons. The summed E-state index contributed by atoms with van der Waals surface area (Å²) in [6.45, 7) is 2.18. The number of amides is 1. The molecule has 8 heteroatoms. The van der Waals surface area contributed by atoms with Crippen LogP contribution >= 0.6 is 15.9 Å². The number of hydrogen-bond donors (Lipinski definition) is 0. The van der Waals surface area contributed by atoms with Crippen LogP contribution in [0.25, 0.3) is 0 Å². The molecule has 1 heterocycles. The van der Waals surface area contributed by atoms with Crippen LogP contribution in [0.1, 0.15) is 24.2 Å². The summed E-state index contributed by atoms with van der Waals surface area (Å²) in [5.41, 5.74) is 0.301. The molecule has 21 heavy (non-hydrogen) atoms. The summed E-state index contributed by atoms with van der Waals surface area (Å²) >= 11 is 3.25. The van der Waals surface area contributed by atoms with E-state index in [9.17, 15) is 18.0 Å². The molecule has 2 rings (SSSR count). The van der Waals surface area contributed by atoms with Crippen molar-refractivity contribution < 1.29 is 22.7 Å². The average molecular weight is 376 g/mol. The minimum absolute atomic E-state index is 0.301. The maximum Gasteiger partial charge on any atom is 0.259 e. The van der Waals surface area contributed by atoms with Crippen molar-refractivity contribution in [1.29, 1.82) is 0 Å². The van der Waals surface area contributed by atoms with Gasteiger partial charge in [0.2, 0.25) is 0 Å². The van der Waals surface area contributed by atoms with Crippen molar-refractivity contribution in [1.82, 2.24) is 4.31 Å². The number of Topliss-reactive ketones (excluding diaryl/α,β-unsaturated/α-hetero) is 1. The Morgan fingerprint density at radius 3 is 2.48 bits per heavy atom. The van der Waals surface area contributed by atoms with Gasteiger partial charge in [-0.2, -0.15) is 0 Å². The largest absolute Gasteiger partial charge is 0.496 e. The van der Waals surface area contributed by atoms with Gasteiger partial charge in [-0.1, -0.05) is 0 Å². The van der Waals surface area contributed by atoms with Crippen molar-refractivity contribution in [2.75, 3.05) is 13.7 Å². The molecule has 1 amide bonds. The summed E-state index contributed by atoms with van der Waals surface area (Å²) in [4.78, 5) is 23.9. The van der Waals surface area contributed by atoms with Gasteiger partial charge in [-0.05, 0) is 48.0 Å². The maximum atomic E-state index is 12.1. The number of nitrogens with zero attached hydrogens (tertiary/aromatic N) is 1. The molecule has 1 aromatic rings. The molecule has 0 saturated carbocycles. The molecule has 0 bridgehead atoms. The van der Waals surface area contributed by atoms with E-state index in [0.29, 0.717) is 20.1 Å². The second-order valence-corrected chi connectivity index (χ2v) is 8.37. The van der Waals surface area contributed by atoms with Gasteiger partial charge in [-0.25, -0.2) is 12.7 Å². The number of halogens is 1. The molecule has 0 unspecified atom stereocenters. The second-order valence-electron chi connectivity index (χ2n) is 5.10. The minimum Gasteiger partial charge on any atom is -0.496 e. The molecule has 0 aliphatic carbocycles. The van der Waals surface area contributed by atoms with Crippen molar-refractivity contribution >= 4 is 37.6 Å². The van der Waals surface area contributed by atoms with E-state index < -0.39 is 33.0 Å². The predicted molar refractivity (Wildman–Crippen MR) is 79.7 cm³/mol. The van der Waals surface area contributed by atoms with Crippen LogP contribution in [0, 0.1) is 0 Å². The molecule has 0 spiro atoms. The smallest absolute Gasteiger partial charge is 0.259 e. The first kappa shape index (κ1) is 16.0. The van der Waals surface area contributed by atoms with Crippen LogP contribution in [-0.4, -0.2) is 42.8 Å². The van der Waals surface area contributed by atoms with Gasteiger partial charge in [0.05, 0.1) is 11.6 Å². The molecule has 0 N–H and O–H groups in total. The van der Waals surface area contributed by atoms with E-state index >= 15 is 0 Å². The van der Waals surface area contributed by atoms with E-state index in [1.807, 2.05) is 0 Å². The van der Waals surface area contributed by atoms with Crippen molar-refractivity contribution in [3.63, 3.8) is 0 Å². The van der Waals surface area contributed by atoms with Gasteiger partial charge in [0.25, 0.3) is 15.9 Å². The van der Waals surface area contributed by atoms with E-state index in [4.69, 9.17) is 4.74 Å². The Bertz CT molecular complexity index is 726. The first-order valence-electron chi connectivity index (χ1n) is 6.06. The first-order chi connectivity index (χ1) is 9.62. The van der Waals surface area contributed by atoms with Crippen LogP contribution < -0.4 is 4.74 Å². The topological polar surface area (TPSA) is 80.8 Å². The highest BCUT2D eigenvalue weighted by molar-refractivity contribution is 9.10. The summed E-state index contributed by atoms with van der Waals surface area (Å²) in [5.74, 6) is -0.463. The van der Waals surface area contributed by atoms with Gasteiger partial charge in [0, 0.05) is 5.56 Å². The molecule has 1 aliphatic heterocycles. The van der Waals surface area contributed by atoms with Gasteiger partial charge in [-0.15, -0.1) is 0 Å². The molecule has 114 valence electrons. The van der Waals surface area contributed by atoms with E-state index in [-0.39, 0.29) is 0 Å². The lowest BCUT2D eigenvalue weighted by Crippen LogP contribution is -2.68. The Hall–Kier alpha value is -1.41. The van der Waals surface area contributed by atoms with Crippen molar-refractivity contribution in [3.8, 4) is 5.75 Å². The molecule has 1 aliphatic rings. The van der Waals surface area contributed by atoms with Crippen molar-refractivity contribution in [3.05, 3.63) is 28.2 Å². The fraction of sp³-hybridized carbons (Fsp3) is 0.385. The number of carbonyl (C=O) groups excluding carboxylic acids is 2. The van der Waals surface area contributed by atoms with Crippen LogP contribution in [0.15, 0.2) is 22.7 Å². The Labute approximate surface area is 131 Å². The van der Waals surface area contributed by atoms with Crippen molar-refractivity contribution in [2.45, 2.75) is 18.6 Å². The van der Waals surface area contributed by atoms with E-state index in [1.165, 1.54) is 33.1 Å². The Morgan fingerprint density at radius 2 is 2.00 bits per heavy atom. The van der Waals surface area contributed by atoms with Gasteiger partial charge >= 0.3 is 0 Å². The summed E-state index contributed by atoms with van der Waals surface area (Å²) in [7, 11) is -2.25. The van der Waals surface area contributed by atoms with E-state index in [0.717, 1.165) is 0 Å². The quantitative estimate of drug-likeness (QED) is 0.746. The second kappa shape index (κ2) is 5.10. The lowest BCUT2D eigenvalue weighted by atomic mass is 10.1. The van der Waals surface area contributed by atoms with Crippen LogP contribution in [0.2, 0.25) is 0 Å². The lowest BCUT2D eigenvalue weighted by Gasteiger charge is -2.42. The average Bonchev–Trinajstić information content (AvgIpc) is 2.43. The molecule has 6 nitrogen and oxygen atoms in total. The molecule has 1 saturated heterocycles. The number of ether oxygens (including phenoxy) is 1. The number of sulfonamides is 1. The first-order valence-corrected chi connectivity index (χ1v) is 8.29.